The Morgan fingerprint density at radius 2 is 1.90 bits per heavy atom. The van der Waals surface area contributed by atoms with Gasteiger partial charge in [0.25, 0.3) is 0 Å². The number of methoxy groups -OCH3 is 1. The molecular formula is C14H20N2O4. The fraction of sp³-hybridized carbons (Fsp3) is 0.429. The molecule has 6 heteroatoms. The quantitative estimate of drug-likeness (QED) is 0.708. The molecule has 0 saturated carbocycles. The highest BCUT2D eigenvalue weighted by atomic mass is 16.5. The van der Waals surface area contributed by atoms with E-state index in [9.17, 15) is 9.59 Å². The van der Waals surface area contributed by atoms with Crippen molar-refractivity contribution in [3.63, 3.8) is 0 Å². The molecule has 0 bridgehead atoms. The van der Waals surface area contributed by atoms with E-state index in [4.69, 9.17) is 9.84 Å². The lowest BCUT2D eigenvalue weighted by atomic mass is 10.1. The summed E-state index contributed by atoms with van der Waals surface area (Å²) in [6.45, 7) is 2.27. The fourth-order valence-electron chi connectivity index (χ4n) is 1.61. The third kappa shape index (κ3) is 5.17. The number of urea groups is 1. The molecule has 1 unspecified atom stereocenters. The van der Waals surface area contributed by atoms with E-state index < -0.39 is 11.9 Å². The molecule has 20 heavy (non-hydrogen) atoms. The minimum atomic E-state index is -0.900. The number of rotatable bonds is 7. The summed E-state index contributed by atoms with van der Waals surface area (Å²) in [4.78, 5) is 22.3. The van der Waals surface area contributed by atoms with Gasteiger partial charge in [-0.1, -0.05) is 19.1 Å². The number of carbonyl (C=O) groups is 2. The van der Waals surface area contributed by atoms with Crippen molar-refractivity contribution < 1.29 is 19.4 Å². The largest absolute Gasteiger partial charge is 0.497 e. The summed E-state index contributed by atoms with van der Waals surface area (Å²) < 4.78 is 5.04. The Bertz CT molecular complexity index is 445. The van der Waals surface area contributed by atoms with E-state index in [1.54, 1.807) is 14.0 Å². The Morgan fingerprint density at radius 3 is 2.40 bits per heavy atom. The van der Waals surface area contributed by atoms with E-state index in [-0.39, 0.29) is 12.6 Å². The van der Waals surface area contributed by atoms with Crippen LogP contribution < -0.4 is 15.4 Å². The van der Waals surface area contributed by atoms with E-state index in [1.807, 2.05) is 24.3 Å². The van der Waals surface area contributed by atoms with Crippen molar-refractivity contribution in [2.24, 2.45) is 5.92 Å². The van der Waals surface area contributed by atoms with Gasteiger partial charge in [-0.15, -0.1) is 0 Å². The summed E-state index contributed by atoms with van der Waals surface area (Å²) in [5, 5.41) is 14.1. The second-order valence-electron chi connectivity index (χ2n) is 4.36. The van der Waals surface area contributed by atoms with Gasteiger partial charge in [-0.3, -0.25) is 4.79 Å². The monoisotopic (exact) mass is 280 g/mol. The first-order chi connectivity index (χ1) is 9.56. The lowest BCUT2D eigenvalue weighted by Crippen LogP contribution is -2.39. The highest BCUT2D eigenvalue weighted by molar-refractivity contribution is 5.75. The van der Waals surface area contributed by atoms with Gasteiger partial charge in [-0.2, -0.15) is 0 Å². The molecule has 0 saturated heterocycles. The first kappa shape index (κ1) is 15.8. The van der Waals surface area contributed by atoms with Gasteiger partial charge in [-0.25, -0.2) is 4.79 Å². The SMILES string of the molecule is CCC(CNC(=O)NCc1ccc(OC)cc1)C(=O)O. The van der Waals surface area contributed by atoms with Crippen LogP contribution in [0.15, 0.2) is 24.3 Å². The van der Waals surface area contributed by atoms with E-state index in [0.29, 0.717) is 13.0 Å². The molecule has 0 fully saturated rings. The molecule has 1 rings (SSSR count). The van der Waals surface area contributed by atoms with Crippen LogP contribution in [-0.2, 0) is 11.3 Å². The molecule has 0 aliphatic carbocycles. The van der Waals surface area contributed by atoms with E-state index in [0.717, 1.165) is 11.3 Å². The summed E-state index contributed by atoms with van der Waals surface area (Å²) >= 11 is 0. The first-order valence-corrected chi connectivity index (χ1v) is 6.44. The third-order valence-corrected chi connectivity index (χ3v) is 2.96. The minimum absolute atomic E-state index is 0.125. The zero-order valence-corrected chi connectivity index (χ0v) is 11.7. The normalized spacial score (nSPS) is 11.5. The number of amides is 2. The van der Waals surface area contributed by atoms with Crippen molar-refractivity contribution in [1.29, 1.82) is 0 Å². The van der Waals surface area contributed by atoms with Gasteiger partial charge in [-0.05, 0) is 24.1 Å². The number of carboxylic acids is 1. The lowest BCUT2D eigenvalue weighted by Gasteiger charge is -2.12. The zero-order valence-electron chi connectivity index (χ0n) is 11.7. The third-order valence-electron chi connectivity index (χ3n) is 2.96. The predicted molar refractivity (Wildman–Crippen MR) is 74.6 cm³/mol. The minimum Gasteiger partial charge on any atom is -0.497 e. The first-order valence-electron chi connectivity index (χ1n) is 6.44. The molecule has 1 aromatic rings. The maximum Gasteiger partial charge on any atom is 0.315 e. The number of carboxylic acid groups (broad SMARTS) is 1. The summed E-state index contributed by atoms with van der Waals surface area (Å²) in [5.74, 6) is -0.699. The smallest absolute Gasteiger partial charge is 0.315 e. The van der Waals surface area contributed by atoms with Crippen molar-refractivity contribution in [3.05, 3.63) is 29.8 Å². The van der Waals surface area contributed by atoms with Gasteiger partial charge < -0.3 is 20.5 Å². The van der Waals surface area contributed by atoms with Crippen molar-refractivity contribution >= 4 is 12.0 Å². The Morgan fingerprint density at radius 1 is 1.25 bits per heavy atom. The Labute approximate surface area is 118 Å². The van der Waals surface area contributed by atoms with Crippen LogP contribution in [0.1, 0.15) is 18.9 Å². The number of nitrogens with one attached hydrogen (secondary N) is 2. The highest BCUT2D eigenvalue weighted by Crippen LogP contribution is 2.10. The number of aliphatic carboxylic acids is 1. The predicted octanol–water partition coefficient (Wildman–Crippen LogP) is 1.61. The van der Waals surface area contributed by atoms with Gasteiger partial charge in [0.15, 0.2) is 0 Å². The molecule has 1 aromatic carbocycles. The van der Waals surface area contributed by atoms with Crippen LogP contribution in [0.4, 0.5) is 4.79 Å². The summed E-state index contributed by atoms with van der Waals surface area (Å²) in [6, 6.07) is 6.95. The molecule has 2 amide bonds. The lowest BCUT2D eigenvalue weighted by molar-refractivity contribution is -0.141. The molecule has 110 valence electrons. The summed E-state index contributed by atoms with van der Waals surface area (Å²) in [7, 11) is 1.59. The van der Waals surface area contributed by atoms with Gasteiger partial charge >= 0.3 is 12.0 Å². The molecular weight excluding hydrogens is 260 g/mol. The molecule has 0 radical (unpaired) electrons. The van der Waals surface area contributed by atoms with Crippen LogP contribution in [0, 0.1) is 5.92 Å². The van der Waals surface area contributed by atoms with Crippen molar-refractivity contribution in [2.75, 3.05) is 13.7 Å². The standard InChI is InChI=1S/C14H20N2O4/c1-3-11(13(17)18)9-16-14(19)15-8-10-4-6-12(20-2)7-5-10/h4-7,11H,3,8-9H2,1-2H3,(H,17,18)(H2,15,16,19). The average Bonchev–Trinajstić information content (AvgIpc) is 2.46. The Balaban J connectivity index is 2.33. The molecule has 0 spiro atoms. The van der Waals surface area contributed by atoms with E-state index >= 15 is 0 Å². The Hall–Kier alpha value is -2.24. The second kappa shape index (κ2) is 8.04. The van der Waals surface area contributed by atoms with Crippen LogP contribution in [0.5, 0.6) is 5.75 Å². The van der Waals surface area contributed by atoms with Gasteiger partial charge in [0.2, 0.25) is 0 Å². The maximum absolute atomic E-state index is 11.5. The van der Waals surface area contributed by atoms with Crippen molar-refractivity contribution in [3.8, 4) is 5.75 Å². The molecule has 0 aliphatic heterocycles. The van der Waals surface area contributed by atoms with Gasteiger partial charge in [0.05, 0.1) is 13.0 Å². The van der Waals surface area contributed by atoms with Gasteiger partial charge in [0, 0.05) is 13.1 Å². The maximum atomic E-state index is 11.5. The van der Waals surface area contributed by atoms with Gasteiger partial charge in [0.1, 0.15) is 5.75 Å². The number of hydrogen-bond acceptors (Lipinski definition) is 3. The molecule has 3 N–H and O–H groups in total. The molecule has 6 nitrogen and oxygen atoms in total. The summed E-state index contributed by atoms with van der Waals surface area (Å²) in [5.41, 5.74) is 0.936. The number of carbonyl (C=O) groups excluding carboxylic acids is 1. The van der Waals surface area contributed by atoms with Crippen LogP contribution in [0.25, 0.3) is 0 Å². The van der Waals surface area contributed by atoms with Crippen LogP contribution in [-0.4, -0.2) is 30.8 Å². The topological polar surface area (TPSA) is 87.7 Å². The fourth-order valence-corrected chi connectivity index (χ4v) is 1.61. The number of hydrogen-bond donors (Lipinski definition) is 3. The molecule has 0 heterocycles. The van der Waals surface area contributed by atoms with Crippen LogP contribution in [0.3, 0.4) is 0 Å². The van der Waals surface area contributed by atoms with E-state index in [2.05, 4.69) is 10.6 Å². The summed E-state index contributed by atoms with van der Waals surface area (Å²) in [6.07, 6.45) is 0.480. The second-order valence-corrected chi connectivity index (χ2v) is 4.36. The molecule has 0 aromatic heterocycles. The highest BCUT2D eigenvalue weighted by Gasteiger charge is 2.15. The van der Waals surface area contributed by atoms with Crippen LogP contribution in [0.2, 0.25) is 0 Å². The molecule has 1 atom stereocenters. The van der Waals surface area contributed by atoms with Crippen molar-refractivity contribution in [2.45, 2.75) is 19.9 Å². The van der Waals surface area contributed by atoms with E-state index in [1.165, 1.54) is 0 Å². The Kier molecular flexibility index (Phi) is 6.36. The van der Waals surface area contributed by atoms with Crippen LogP contribution >= 0.6 is 0 Å². The molecule has 0 aliphatic rings. The van der Waals surface area contributed by atoms with Crippen molar-refractivity contribution in [1.82, 2.24) is 10.6 Å². The average molecular weight is 280 g/mol. The zero-order chi connectivity index (χ0) is 15.0. The number of benzene rings is 1. The number of ether oxygens (including phenoxy) is 1.